The number of carboxylic acid groups (broad SMARTS) is 1. The highest BCUT2D eigenvalue weighted by Gasteiger charge is 2.44. The van der Waals surface area contributed by atoms with Crippen molar-refractivity contribution in [2.45, 2.75) is 33.2 Å². The van der Waals surface area contributed by atoms with Crippen molar-refractivity contribution in [1.82, 2.24) is 20.9 Å². The molecule has 7 heteroatoms. The van der Waals surface area contributed by atoms with Crippen molar-refractivity contribution in [3.8, 4) is 0 Å². The molecule has 0 aromatic rings. The third-order valence-electron chi connectivity index (χ3n) is 4.45. The number of nitrogens with zero attached hydrogens (tertiary/aromatic N) is 1. The molecule has 4 N–H and O–H groups in total. The summed E-state index contributed by atoms with van der Waals surface area (Å²) in [6.45, 7) is 11.9. The summed E-state index contributed by atoms with van der Waals surface area (Å²) >= 11 is 0. The van der Waals surface area contributed by atoms with Crippen LogP contribution in [0.1, 0.15) is 27.7 Å². The molecule has 1 saturated heterocycles. The van der Waals surface area contributed by atoms with Crippen LogP contribution in [-0.4, -0.2) is 66.8 Å². The van der Waals surface area contributed by atoms with Crippen LogP contribution in [0, 0.1) is 5.41 Å². The quantitative estimate of drug-likeness (QED) is 0.557. The first-order valence-corrected chi connectivity index (χ1v) is 7.39. The largest absolute Gasteiger partial charge is 0.481 e. The Morgan fingerprint density at radius 3 is 2.29 bits per heavy atom. The van der Waals surface area contributed by atoms with Gasteiger partial charge in [0, 0.05) is 39.3 Å². The summed E-state index contributed by atoms with van der Waals surface area (Å²) in [5.74, 6) is -0.936. The summed E-state index contributed by atoms with van der Waals surface area (Å²) < 4.78 is 0. The fourth-order valence-corrected chi connectivity index (χ4v) is 2.01. The Balaban J connectivity index is 2.37. The van der Waals surface area contributed by atoms with Gasteiger partial charge in [0.05, 0.1) is 11.0 Å². The van der Waals surface area contributed by atoms with Crippen molar-refractivity contribution in [3.63, 3.8) is 0 Å². The zero-order valence-corrected chi connectivity index (χ0v) is 13.5. The van der Waals surface area contributed by atoms with Gasteiger partial charge >= 0.3 is 12.0 Å². The van der Waals surface area contributed by atoms with Gasteiger partial charge in [0.2, 0.25) is 0 Å². The first-order valence-electron chi connectivity index (χ1n) is 7.39. The topological polar surface area (TPSA) is 93.7 Å². The summed E-state index contributed by atoms with van der Waals surface area (Å²) in [6.07, 6.45) is 0. The Hall–Kier alpha value is -1.34. The van der Waals surface area contributed by atoms with Crippen LogP contribution in [-0.2, 0) is 4.79 Å². The van der Waals surface area contributed by atoms with E-state index in [9.17, 15) is 14.7 Å². The molecule has 21 heavy (non-hydrogen) atoms. The molecule has 2 amide bonds. The number of carbonyl (C=O) groups excluding carboxylic acids is 1. The Morgan fingerprint density at radius 1 is 1.19 bits per heavy atom. The number of urea groups is 1. The summed E-state index contributed by atoms with van der Waals surface area (Å²) in [4.78, 5) is 25.5. The van der Waals surface area contributed by atoms with Gasteiger partial charge in [-0.3, -0.25) is 9.69 Å². The van der Waals surface area contributed by atoms with Crippen LogP contribution in [0.5, 0.6) is 0 Å². The van der Waals surface area contributed by atoms with Crippen LogP contribution in [0.4, 0.5) is 4.79 Å². The number of nitrogens with one attached hydrogen (secondary N) is 3. The van der Waals surface area contributed by atoms with E-state index in [4.69, 9.17) is 0 Å². The van der Waals surface area contributed by atoms with Gasteiger partial charge in [-0.25, -0.2) is 4.79 Å². The standard InChI is InChI=1S/C14H28N4O3/c1-13(2,11(19)20)14(3,4)17-12(21)16-7-10-18-8-5-15-6-9-18/h15H,5-10H2,1-4H3,(H,19,20)(H2,16,17,21). The van der Waals surface area contributed by atoms with E-state index in [-0.39, 0.29) is 6.03 Å². The maximum atomic E-state index is 11.9. The molecule has 1 aliphatic heterocycles. The highest BCUT2D eigenvalue weighted by atomic mass is 16.4. The fourth-order valence-electron chi connectivity index (χ4n) is 2.01. The molecule has 0 atom stereocenters. The first kappa shape index (κ1) is 17.7. The van der Waals surface area contributed by atoms with Crippen molar-refractivity contribution < 1.29 is 14.7 Å². The third kappa shape index (κ3) is 4.86. The normalized spacial score (nSPS) is 17.3. The molecule has 1 rings (SSSR count). The van der Waals surface area contributed by atoms with Gasteiger partial charge in [0.25, 0.3) is 0 Å². The molecule has 0 saturated carbocycles. The molecule has 0 bridgehead atoms. The lowest BCUT2D eigenvalue weighted by Gasteiger charge is -2.38. The smallest absolute Gasteiger partial charge is 0.315 e. The Labute approximate surface area is 126 Å². The fraction of sp³-hybridized carbons (Fsp3) is 0.857. The number of hydrogen-bond acceptors (Lipinski definition) is 4. The van der Waals surface area contributed by atoms with Crippen LogP contribution in [0.3, 0.4) is 0 Å². The van der Waals surface area contributed by atoms with E-state index in [1.54, 1.807) is 27.7 Å². The maximum Gasteiger partial charge on any atom is 0.315 e. The molecule has 1 heterocycles. The molecular formula is C14H28N4O3. The van der Waals surface area contributed by atoms with Gasteiger partial charge in [0.15, 0.2) is 0 Å². The maximum absolute atomic E-state index is 11.9. The highest BCUT2D eigenvalue weighted by Crippen LogP contribution is 2.30. The van der Waals surface area contributed by atoms with E-state index in [1.165, 1.54) is 0 Å². The molecule has 0 unspecified atom stereocenters. The molecule has 0 radical (unpaired) electrons. The van der Waals surface area contributed by atoms with Crippen molar-refractivity contribution in [3.05, 3.63) is 0 Å². The summed E-state index contributed by atoms with van der Waals surface area (Å²) in [7, 11) is 0. The van der Waals surface area contributed by atoms with Gasteiger partial charge in [-0.2, -0.15) is 0 Å². The van der Waals surface area contributed by atoms with Gasteiger partial charge in [-0.1, -0.05) is 0 Å². The number of rotatable bonds is 6. The van der Waals surface area contributed by atoms with Crippen LogP contribution >= 0.6 is 0 Å². The average molecular weight is 300 g/mol. The minimum atomic E-state index is -1.05. The Kier molecular flexibility index (Phi) is 5.98. The van der Waals surface area contributed by atoms with Gasteiger partial charge < -0.3 is 21.1 Å². The van der Waals surface area contributed by atoms with Crippen LogP contribution in [0.15, 0.2) is 0 Å². The molecule has 0 aromatic heterocycles. The second-order valence-electron chi connectivity index (χ2n) is 6.53. The number of aliphatic carboxylic acids is 1. The summed E-state index contributed by atoms with van der Waals surface area (Å²) in [6, 6.07) is -0.329. The lowest BCUT2D eigenvalue weighted by Crippen LogP contribution is -2.59. The lowest BCUT2D eigenvalue weighted by molar-refractivity contribution is -0.150. The minimum absolute atomic E-state index is 0.329. The Bertz CT molecular complexity index is 376. The van der Waals surface area contributed by atoms with Crippen molar-refractivity contribution in [2.24, 2.45) is 5.41 Å². The zero-order valence-electron chi connectivity index (χ0n) is 13.5. The van der Waals surface area contributed by atoms with E-state index in [0.717, 1.165) is 32.7 Å². The summed E-state index contributed by atoms with van der Waals surface area (Å²) in [5, 5.41) is 18.1. The van der Waals surface area contributed by atoms with Crippen molar-refractivity contribution in [1.29, 1.82) is 0 Å². The molecule has 0 aliphatic carbocycles. The number of carboxylic acids is 1. The van der Waals surface area contributed by atoms with E-state index < -0.39 is 16.9 Å². The second-order valence-corrected chi connectivity index (χ2v) is 6.53. The monoisotopic (exact) mass is 300 g/mol. The van der Waals surface area contributed by atoms with Gasteiger partial charge in [-0.05, 0) is 27.7 Å². The molecule has 7 nitrogen and oxygen atoms in total. The lowest BCUT2D eigenvalue weighted by atomic mass is 9.74. The minimum Gasteiger partial charge on any atom is -0.481 e. The van der Waals surface area contributed by atoms with Crippen LogP contribution in [0.2, 0.25) is 0 Å². The van der Waals surface area contributed by atoms with Crippen LogP contribution < -0.4 is 16.0 Å². The average Bonchev–Trinajstić information content (AvgIpc) is 2.38. The van der Waals surface area contributed by atoms with Gasteiger partial charge in [-0.15, -0.1) is 0 Å². The molecule has 1 aliphatic rings. The van der Waals surface area contributed by atoms with E-state index in [0.29, 0.717) is 6.54 Å². The molecule has 1 fully saturated rings. The van der Waals surface area contributed by atoms with E-state index in [2.05, 4.69) is 20.9 Å². The Morgan fingerprint density at radius 2 is 1.76 bits per heavy atom. The molecular weight excluding hydrogens is 272 g/mol. The van der Waals surface area contributed by atoms with E-state index >= 15 is 0 Å². The number of amides is 2. The number of carbonyl (C=O) groups is 2. The first-order chi connectivity index (χ1) is 9.67. The molecule has 122 valence electrons. The number of hydrogen-bond donors (Lipinski definition) is 4. The predicted molar refractivity (Wildman–Crippen MR) is 81.3 cm³/mol. The van der Waals surface area contributed by atoms with Crippen molar-refractivity contribution >= 4 is 12.0 Å². The van der Waals surface area contributed by atoms with Gasteiger partial charge in [0.1, 0.15) is 0 Å². The highest BCUT2D eigenvalue weighted by molar-refractivity contribution is 5.79. The number of piperazine rings is 1. The third-order valence-corrected chi connectivity index (χ3v) is 4.45. The second kappa shape index (κ2) is 7.09. The van der Waals surface area contributed by atoms with Crippen LogP contribution in [0.25, 0.3) is 0 Å². The molecule has 0 spiro atoms. The summed E-state index contributed by atoms with van der Waals surface area (Å²) in [5.41, 5.74) is -1.90. The molecule has 0 aromatic carbocycles. The van der Waals surface area contributed by atoms with E-state index in [1.807, 2.05) is 0 Å². The SMILES string of the molecule is CC(C)(NC(=O)NCCN1CCNCC1)C(C)(C)C(=O)O. The van der Waals surface area contributed by atoms with Crippen molar-refractivity contribution in [2.75, 3.05) is 39.3 Å². The predicted octanol–water partition coefficient (Wildman–Crippen LogP) is 0.0802. The zero-order chi connectivity index (χ0) is 16.1.